The molecule has 0 saturated carbocycles. The Kier molecular flexibility index (Phi) is 3.84. The number of aromatic nitrogens is 3. The zero-order valence-electron chi connectivity index (χ0n) is 10.8. The smallest absolute Gasteiger partial charge is 0.153 e. The van der Waals surface area contributed by atoms with Gasteiger partial charge in [0.05, 0.1) is 17.6 Å². The molecular formula is C12H16N4O2S. The lowest BCUT2D eigenvalue weighted by molar-refractivity contribution is 0.598. The quantitative estimate of drug-likeness (QED) is 0.888. The minimum Gasteiger partial charge on any atom is -0.380 e. The summed E-state index contributed by atoms with van der Waals surface area (Å²) in [6.07, 6.45) is 6.38. The molecule has 0 saturated heterocycles. The predicted octanol–water partition coefficient (Wildman–Crippen LogP) is 1.11. The van der Waals surface area contributed by atoms with Crippen molar-refractivity contribution in [1.82, 2.24) is 14.8 Å². The lowest BCUT2D eigenvalue weighted by Crippen LogP contribution is -2.25. The molecule has 2 aromatic heterocycles. The number of nitrogens with zero attached hydrogens (tertiary/aromatic N) is 3. The predicted molar refractivity (Wildman–Crippen MR) is 74.2 cm³/mol. The van der Waals surface area contributed by atoms with Gasteiger partial charge in [0.15, 0.2) is 5.82 Å². The lowest BCUT2D eigenvalue weighted by atomic mass is 10.3. The molecule has 0 amide bonds. The van der Waals surface area contributed by atoms with E-state index >= 15 is 0 Å². The Balaban J connectivity index is 2.03. The van der Waals surface area contributed by atoms with Crippen LogP contribution in [0.1, 0.15) is 6.92 Å². The average Bonchev–Trinajstić information content (AvgIpc) is 2.80. The number of hydrogen-bond donors (Lipinski definition) is 1. The van der Waals surface area contributed by atoms with Crippen LogP contribution in [-0.4, -0.2) is 41.2 Å². The van der Waals surface area contributed by atoms with Gasteiger partial charge in [-0.15, -0.1) is 0 Å². The van der Waals surface area contributed by atoms with Gasteiger partial charge in [-0.05, 0) is 25.1 Å². The van der Waals surface area contributed by atoms with E-state index in [-0.39, 0.29) is 11.8 Å². The molecule has 102 valence electrons. The maximum Gasteiger partial charge on any atom is 0.153 e. The van der Waals surface area contributed by atoms with Gasteiger partial charge in [-0.25, -0.2) is 18.1 Å². The Morgan fingerprint density at radius 1 is 1.42 bits per heavy atom. The summed E-state index contributed by atoms with van der Waals surface area (Å²) in [7, 11) is -2.98. The molecule has 1 unspecified atom stereocenters. The first-order chi connectivity index (χ1) is 8.94. The first-order valence-corrected chi connectivity index (χ1v) is 7.90. The third-order valence-corrected chi connectivity index (χ3v) is 3.56. The van der Waals surface area contributed by atoms with Crippen LogP contribution in [-0.2, 0) is 9.84 Å². The Morgan fingerprint density at radius 2 is 2.21 bits per heavy atom. The summed E-state index contributed by atoms with van der Waals surface area (Å²) in [4.78, 5) is 4.26. The number of nitrogens with one attached hydrogen (secondary N) is 1. The highest BCUT2D eigenvalue weighted by Gasteiger charge is 2.10. The Morgan fingerprint density at radius 3 is 2.74 bits per heavy atom. The molecule has 0 spiro atoms. The molecule has 6 nitrogen and oxygen atoms in total. The Bertz CT molecular complexity index is 620. The fourth-order valence-corrected chi connectivity index (χ4v) is 2.78. The van der Waals surface area contributed by atoms with Crippen molar-refractivity contribution in [3.8, 4) is 5.82 Å². The van der Waals surface area contributed by atoms with E-state index in [0.29, 0.717) is 5.82 Å². The van der Waals surface area contributed by atoms with Crippen LogP contribution in [0.3, 0.4) is 0 Å². The topological polar surface area (TPSA) is 76.9 Å². The number of anilines is 1. The second-order valence-corrected chi connectivity index (χ2v) is 6.68. The van der Waals surface area contributed by atoms with Gasteiger partial charge in [0.25, 0.3) is 0 Å². The van der Waals surface area contributed by atoms with Crippen LogP contribution in [0, 0.1) is 0 Å². The van der Waals surface area contributed by atoms with Gasteiger partial charge in [0.1, 0.15) is 9.84 Å². The molecule has 7 heteroatoms. The van der Waals surface area contributed by atoms with E-state index in [1.54, 1.807) is 17.1 Å². The molecule has 19 heavy (non-hydrogen) atoms. The molecular weight excluding hydrogens is 264 g/mol. The average molecular weight is 280 g/mol. The van der Waals surface area contributed by atoms with Gasteiger partial charge in [-0.3, -0.25) is 0 Å². The summed E-state index contributed by atoms with van der Waals surface area (Å²) in [6.45, 7) is 1.82. The fraction of sp³-hybridized carbons (Fsp3) is 0.333. The van der Waals surface area contributed by atoms with Gasteiger partial charge in [0, 0.05) is 24.7 Å². The molecule has 2 aromatic rings. The first-order valence-electron chi connectivity index (χ1n) is 5.84. The molecule has 1 N–H and O–H groups in total. The zero-order valence-corrected chi connectivity index (χ0v) is 11.6. The van der Waals surface area contributed by atoms with E-state index in [2.05, 4.69) is 15.4 Å². The number of pyridine rings is 1. The maximum atomic E-state index is 11.2. The number of sulfone groups is 1. The van der Waals surface area contributed by atoms with Crippen molar-refractivity contribution < 1.29 is 8.42 Å². The minimum atomic E-state index is -2.98. The molecule has 0 aromatic carbocycles. The molecule has 0 fully saturated rings. The van der Waals surface area contributed by atoms with Crippen molar-refractivity contribution in [2.24, 2.45) is 0 Å². The van der Waals surface area contributed by atoms with Gasteiger partial charge < -0.3 is 5.32 Å². The van der Waals surface area contributed by atoms with E-state index in [4.69, 9.17) is 0 Å². The van der Waals surface area contributed by atoms with E-state index in [1.807, 2.05) is 31.3 Å². The van der Waals surface area contributed by atoms with Gasteiger partial charge >= 0.3 is 0 Å². The van der Waals surface area contributed by atoms with Crippen molar-refractivity contribution in [2.45, 2.75) is 13.0 Å². The summed E-state index contributed by atoms with van der Waals surface area (Å²) >= 11 is 0. The van der Waals surface area contributed by atoms with Gasteiger partial charge in [0.2, 0.25) is 0 Å². The molecule has 2 heterocycles. The summed E-state index contributed by atoms with van der Waals surface area (Å²) in [5.74, 6) is 0.805. The first kappa shape index (κ1) is 13.5. The maximum absolute atomic E-state index is 11.2. The van der Waals surface area contributed by atoms with E-state index in [1.165, 1.54) is 6.26 Å². The largest absolute Gasteiger partial charge is 0.380 e. The Labute approximate surface area is 112 Å². The Hall–Kier alpha value is -1.89. The molecule has 1 atom stereocenters. The lowest BCUT2D eigenvalue weighted by Gasteiger charge is -2.14. The van der Waals surface area contributed by atoms with Crippen LogP contribution in [0.5, 0.6) is 0 Å². The van der Waals surface area contributed by atoms with Crippen LogP contribution in [0.2, 0.25) is 0 Å². The van der Waals surface area contributed by atoms with Crippen molar-refractivity contribution in [1.29, 1.82) is 0 Å². The van der Waals surface area contributed by atoms with Crippen LogP contribution in [0.25, 0.3) is 5.82 Å². The highest BCUT2D eigenvalue weighted by atomic mass is 32.2. The van der Waals surface area contributed by atoms with Gasteiger partial charge in [-0.2, -0.15) is 5.10 Å². The van der Waals surface area contributed by atoms with E-state index in [9.17, 15) is 8.42 Å². The van der Waals surface area contributed by atoms with Crippen molar-refractivity contribution in [3.63, 3.8) is 0 Å². The molecule has 2 rings (SSSR count). The molecule has 0 radical (unpaired) electrons. The van der Waals surface area contributed by atoms with Crippen LogP contribution in [0.15, 0.2) is 36.8 Å². The third kappa shape index (κ3) is 4.06. The van der Waals surface area contributed by atoms with Crippen molar-refractivity contribution >= 4 is 15.5 Å². The highest BCUT2D eigenvalue weighted by molar-refractivity contribution is 7.90. The normalized spacial score (nSPS) is 13.2. The molecule has 0 aliphatic heterocycles. The monoisotopic (exact) mass is 280 g/mol. The SMILES string of the molecule is CC(CS(C)(=O)=O)Nc1ccc(-n2cccn2)nc1. The second kappa shape index (κ2) is 5.40. The standard InChI is InChI=1S/C12H16N4O2S/c1-10(9-19(2,17)18)15-11-4-5-12(13-8-11)16-7-3-6-14-16/h3-8,10,15H,9H2,1-2H3. The minimum absolute atomic E-state index is 0.0912. The summed E-state index contributed by atoms with van der Waals surface area (Å²) in [6, 6.07) is 5.33. The van der Waals surface area contributed by atoms with Crippen LogP contribution in [0.4, 0.5) is 5.69 Å². The van der Waals surface area contributed by atoms with E-state index < -0.39 is 9.84 Å². The van der Waals surface area contributed by atoms with Crippen molar-refractivity contribution in [3.05, 3.63) is 36.8 Å². The second-order valence-electron chi connectivity index (χ2n) is 4.49. The molecule has 0 aliphatic carbocycles. The molecule has 0 bridgehead atoms. The zero-order chi connectivity index (χ0) is 13.9. The summed E-state index contributed by atoms with van der Waals surface area (Å²) in [5.41, 5.74) is 0.784. The number of hydrogen-bond acceptors (Lipinski definition) is 5. The molecule has 0 aliphatic rings. The van der Waals surface area contributed by atoms with Crippen LogP contribution >= 0.6 is 0 Å². The number of rotatable bonds is 5. The fourth-order valence-electron chi connectivity index (χ4n) is 1.79. The highest BCUT2D eigenvalue weighted by Crippen LogP contribution is 2.10. The summed E-state index contributed by atoms with van der Waals surface area (Å²) < 4.78 is 24.0. The van der Waals surface area contributed by atoms with E-state index in [0.717, 1.165) is 5.69 Å². The van der Waals surface area contributed by atoms with Crippen LogP contribution < -0.4 is 5.32 Å². The van der Waals surface area contributed by atoms with Gasteiger partial charge in [-0.1, -0.05) is 0 Å². The van der Waals surface area contributed by atoms with Crippen molar-refractivity contribution in [2.75, 3.05) is 17.3 Å². The summed E-state index contributed by atoms with van der Waals surface area (Å²) in [5, 5.41) is 7.18. The third-order valence-electron chi connectivity index (χ3n) is 2.45.